The molecule has 190 valence electrons. The lowest BCUT2D eigenvalue weighted by Gasteiger charge is -2.39. The lowest BCUT2D eigenvalue weighted by atomic mass is 9.81. The van der Waals surface area contributed by atoms with Gasteiger partial charge in [0.15, 0.2) is 11.5 Å². The molecule has 2 aliphatic rings. The maximum absolute atomic E-state index is 13.2. The van der Waals surface area contributed by atoms with Crippen LogP contribution in [0.1, 0.15) is 65.3 Å². The number of methoxy groups -OCH3 is 1. The van der Waals surface area contributed by atoms with Crippen LogP contribution in [0.3, 0.4) is 0 Å². The third-order valence-corrected chi connectivity index (χ3v) is 7.61. The first-order chi connectivity index (χ1) is 16.5. The van der Waals surface area contributed by atoms with Crippen LogP contribution in [-0.4, -0.2) is 48.8 Å². The van der Waals surface area contributed by atoms with Crippen molar-refractivity contribution in [2.45, 2.75) is 71.8 Å². The van der Waals surface area contributed by atoms with Crippen LogP contribution < -0.4 is 25.1 Å². The monoisotopic (exact) mass is 483 g/mol. The third kappa shape index (κ3) is 4.76. The number of hydrogen-bond acceptors (Lipinski definition) is 6. The summed E-state index contributed by atoms with van der Waals surface area (Å²) in [6, 6.07) is 4.16. The smallest absolute Gasteiger partial charge is 0.253 e. The Bertz CT molecular complexity index is 1180. The van der Waals surface area contributed by atoms with Gasteiger partial charge in [0, 0.05) is 47.8 Å². The molecule has 0 spiro atoms. The van der Waals surface area contributed by atoms with Crippen molar-refractivity contribution in [3.8, 4) is 17.2 Å². The molecule has 8 heteroatoms. The number of aromatic amines is 1. The molecule has 1 saturated carbocycles. The first kappa shape index (κ1) is 25.1. The van der Waals surface area contributed by atoms with Gasteiger partial charge in [-0.15, -0.1) is 0 Å². The van der Waals surface area contributed by atoms with Gasteiger partial charge < -0.3 is 29.4 Å². The standard InChI is InChI=1S/C27H37N3O5/c1-15-12-16(2)29-26(32)21(15)14-28-25(31)20-13-22(33-7)24-23(17(20)3)34-27(4,35-24)18-8-10-19(11-9-18)30(5)6/h12-13,18-19H,8-11,14H2,1-7H3,(H,28,31)(H,29,32)/t18-,19-,27?. The molecule has 1 aliphatic carbocycles. The molecule has 2 aromatic rings. The number of ether oxygens (including phenoxy) is 3. The molecular weight excluding hydrogens is 446 g/mol. The summed E-state index contributed by atoms with van der Waals surface area (Å²) in [4.78, 5) is 30.6. The molecule has 0 bridgehead atoms. The molecule has 1 aromatic carbocycles. The van der Waals surface area contributed by atoms with E-state index in [1.807, 2.05) is 33.8 Å². The fraction of sp³-hybridized carbons (Fsp3) is 0.556. The molecule has 2 heterocycles. The average Bonchev–Trinajstić information content (AvgIpc) is 3.18. The molecule has 1 aliphatic heterocycles. The summed E-state index contributed by atoms with van der Waals surface area (Å²) in [5.74, 6) is 0.695. The highest BCUT2D eigenvalue weighted by Crippen LogP contribution is 2.52. The molecule has 1 unspecified atom stereocenters. The van der Waals surface area contributed by atoms with Crippen LogP contribution >= 0.6 is 0 Å². The van der Waals surface area contributed by atoms with Crippen LogP contribution in [0.5, 0.6) is 17.2 Å². The molecule has 8 nitrogen and oxygen atoms in total. The predicted molar refractivity (Wildman–Crippen MR) is 135 cm³/mol. The van der Waals surface area contributed by atoms with Crippen LogP contribution in [0.25, 0.3) is 0 Å². The van der Waals surface area contributed by atoms with Gasteiger partial charge in [0.2, 0.25) is 5.75 Å². The van der Waals surface area contributed by atoms with Gasteiger partial charge in [-0.05, 0) is 78.2 Å². The van der Waals surface area contributed by atoms with Gasteiger partial charge in [-0.2, -0.15) is 0 Å². The minimum Gasteiger partial charge on any atom is -0.493 e. The van der Waals surface area contributed by atoms with Gasteiger partial charge in [-0.3, -0.25) is 9.59 Å². The SMILES string of the molecule is COc1cc(C(=O)NCc2c(C)cc(C)[nH]c2=O)c(C)c2c1OC(C)([C@H]1CC[C@H](N(C)C)CC1)O2. The van der Waals surface area contributed by atoms with E-state index >= 15 is 0 Å². The van der Waals surface area contributed by atoms with Gasteiger partial charge in [0.25, 0.3) is 17.3 Å². The Hall–Kier alpha value is -3.00. The third-order valence-electron chi connectivity index (χ3n) is 7.61. The summed E-state index contributed by atoms with van der Waals surface area (Å²) >= 11 is 0. The first-order valence-corrected chi connectivity index (χ1v) is 12.3. The van der Waals surface area contributed by atoms with Crippen LogP contribution in [0, 0.1) is 26.7 Å². The van der Waals surface area contributed by atoms with E-state index < -0.39 is 5.79 Å². The molecule has 4 rings (SSSR count). The zero-order valence-corrected chi connectivity index (χ0v) is 21.8. The molecular formula is C27H37N3O5. The average molecular weight is 484 g/mol. The van der Waals surface area contributed by atoms with Gasteiger partial charge in [-0.1, -0.05) is 0 Å². The molecule has 35 heavy (non-hydrogen) atoms. The summed E-state index contributed by atoms with van der Waals surface area (Å²) in [7, 11) is 5.81. The summed E-state index contributed by atoms with van der Waals surface area (Å²) in [5, 5.41) is 2.88. The van der Waals surface area contributed by atoms with Crippen molar-refractivity contribution in [1.82, 2.24) is 15.2 Å². The normalized spacial score (nSPS) is 23.4. The van der Waals surface area contributed by atoms with Crippen LogP contribution in [0.15, 0.2) is 16.9 Å². The number of amides is 1. The van der Waals surface area contributed by atoms with Gasteiger partial charge in [-0.25, -0.2) is 0 Å². The van der Waals surface area contributed by atoms with E-state index in [0.29, 0.717) is 40.0 Å². The fourth-order valence-electron chi connectivity index (χ4n) is 5.39. The topological polar surface area (TPSA) is 92.9 Å². The number of aryl methyl sites for hydroxylation is 2. The van der Waals surface area contributed by atoms with Crippen molar-refractivity contribution < 1.29 is 19.0 Å². The van der Waals surface area contributed by atoms with Crippen molar-refractivity contribution in [3.63, 3.8) is 0 Å². The number of carbonyl (C=O) groups excluding carboxylic acids is 1. The number of aromatic nitrogens is 1. The molecule has 0 saturated heterocycles. The number of fused-ring (bicyclic) bond motifs is 1. The zero-order valence-electron chi connectivity index (χ0n) is 21.8. The van der Waals surface area contributed by atoms with E-state index in [-0.39, 0.29) is 23.9 Å². The van der Waals surface area contributed by atoms with Crippen molar-refractivity contribution in [3.05, 3.63) is 50.4 Å². The molecule has 1 aromatic heterocycles. The number of nitrogens with one attached hydrogen (secondary N) is 2. The highest BCUT2D eigenvalue weighted by Gasteiger charge is 2.48. The minimum atomic E-state index is -0.806. The van der Waals surface area contributed by atoms with Crippen LogP contribution in [0.2, 0.25) is 0 Å². The van der Waals surface area contributed by atoms with Crippen molar-refractivity contribution in [2.24, 2.45) is 5.92 Å². The Morgan fingerprint density at radius 2 is 1.80 bits per heavy atom. The van der Waals surface area contributed by atoms with Crippen molar-refractivity contribution in [2.75, 3.05) is 21.2 Å². The molecule has 1 fully saturated rings. The van der Waals surface area contributed by atoms with E-state index in [9.17, 15) is 9.59 Å². The maximum atomic E-state index is 13.2. The number of carbonyl (C=O) groups is 1. The number of hydrogen-bond donors (Lipinski definition) is 2. The number of H-pyrrole nitrogens is 1. The van der Waals surface area contributed by atoms with Crippen LogP contribution in [0.4, 0.5) is 0 Å². The fourth-order valence-corrected chi connectivity index (χ4v) is 5.39. The number of nitrogens with zero attached hydrogens (tertiary/aromatic N) is 1. The molecule has 0 radical (unpaired) electrons. The van der Waals surface area contributed by atoms with E-state index in [1.165, 1.54) is 0 Å². The molecule has 1 atom stereocenters. The Balaban J connectivity index is 1.55. The summed E-state index contributed by atoms with van der Waals surface area (Å²) in [6.45, 7) is 7.67. The lowest BCUT2D eigenvalue weighted by Crippen LogP contribution is -2.46. The van der Waals surface area contributed by atoms with Crippen LogP contribution in [-0.2, 0) is 6.54 Å². The summed E-state index contributed by atoms with van der Waals surface area (Å²) in [6.07, 6.45) is 4.20. The van der Waals surface area contributed by atoms with Crippen molar-refractivity contribution >= 4 is 5.91 Å². The highest BCUT2D eigenvalue weighted by molar-refractivity contribution is 5.97. The second-order valence-corrected chi connectivity index (χ2v) is 10.2. The lowest BCUT2D eigenvalue weighted by molar-refractivity contribution is -0.123. The summed E-state index contributed by atoms with van der Waals surface area (Å²) in [5.41, 5.74) is 3.10. The van der Waals surface area contributed by atoms with E-state index in [4.69, 9.17) is 14.2 Å². The van der Waals surface area contributed by atoms with Crippen molar-refractivity contribution in [1.29, 1.82) is 0 Å². The Labute approximate surface area is 207 Å². The number of rotatable bonds is 6. The van der Waals surface area contributed by atoms with Gasteiger partial charge in [0.05, 0.1) is 7.11 Å². The zero-order chi connectivity index (χ0) is 25.5. The number of benzene rings is 1. The number of pyridine rings is 1. The first-order valence-electron chi connectivity index (χ1n) is 12.3. The Morgan fingerprint density at radius 3 is 2.40 bits per heavy atom. The van der Waals surface area contributed by atoms with Gasteiger partial charge in [0.1, 0.15) is 0 Å². The quantitative estimate of drug-likeness (QED) is 0.649. The van der Waals surface area contributed by atoms with Gasteiger partial charge >= 0.3 is 0 Å². The highest BCUT2D eigenvalue weighted by atomic mass is 16.7. The molecule has 1 amide bonds. The Morgan fingerprint density at radius 1 is 1.14 bits per heavy atom. The summed E-state index contributed by atoms with van der Waals surface area (Å²) < 4.78 is 18.5. The maximum Gasteiger partial charge on any atom is 0.253 e. The molecule has 2 N–H and O–H groups in total. The van der Waals surface area contributed by atoms with E-state index in [0.717, 1.165) is 36.9 Å². The largest absolute Gasteiger partial charge is 0.493 e. The second kappa shape index (κ2) is 9.57. The second-order valence-electron chi connectivity index (χ2n) is 10.2. The predicted octanol–water partition coefficient (Wildman–Crippen LogP) is 3.85. The Kier molecular flexibility index (Phi) is 6.86. The minimum absolute atomic E-state index is 0.128. The van der Waals surface area contributed by atoms with E-state index in [1.54, 1.807) is 13.2 Å². The van der Waals surface area contributed by atoms with E-state index in [2.05, 4.69) is 29.3 Å².